The first-order chi connectivity index (χ1) is 8.38. The molecule has 1 heterocycles. The molecule has 0 aromatic heterocycles. The maximum absolute atomic E-state index is 12.2. The molecule has 3 nitrogen and oxygen atoms in total. The van der Waals surface area contributed by atoms with Crippen LogP contribution in [0.15, 0.2) is 27.6 Å². The normalized spacial score (nSPS) is 15.2. The maximum atomic E-state index is 12.2. The molecule has 0 atom stereocenters. The van der Waals surface area contributed by atoms with Crippen LogP contribution in [0, 0.1) is 0 Å². The van der Waals surface area contributed by atoms with Crippen LogP contribution in [-0.2, 0) is 4.74 Å². The van der Waals surface area contributed by atoms with Crippen LogP contribution in [0.3, 0.4) is 0 Å². The fourth-order valence-corrected chi connectivity index (χ4v) is 3.43. The topological polar surface area (TPSA) is 29.5 Å². The summed E-state index contributed by atoms with van der Waals surface area (Å²) in [7, 11) is 0. The number of benzene rings is 1. The van der Waals surface area contributed by atoms with E-state index in [9.17, 15) is 4.79 Å². The zero-order valence-electron chi connectivity index (χ0n) is 10.7. The average molecular weight is 330 g/mol. The lowest BCUT2D eigenvalue weighted by Crippen LogP contribution is -2.39. The largest absolute Gasteiger partial charge is 0.443 e. The van der Waals surface area contributed by atoms with Gasteiger partial charge in [-0.3, -0.25) is 4.90 Å². The van der Waals surface area contributed by atoms with Gasteiger partial charge in [-0.1, -0.05) is 6.07 Å². The first-order valence-corrected chi connectivity index (χ1v) is 7.58. The van der Waals surface area contributed by atoms with E-state index in [1.807, 2.05) is 39.0 Å². The van der Waals surface area contributed by atoms with Crippen molar-refractivity contribution in [3.63, 3.8) is 0 Å². The van der Waals surface area contributed by atoms with E-state index >= 15 is 0 Å². The Labute approximate surface area is 120 Å². The molecule has 1 aliphatic heterocycles. The lowest BCUT2D eigenvalue weighted by Gasteiger charge is -2.31. The molecule has 1 aromatic carbocycles. The number of fused-ring (bicyclic) bond motifs is 1. The summed E-state index contributed by atoms with van der Waals surface area (Å²) in [6.45, 7) is 6.32. The van der Waals surface area contributed by atoms with E-state index in [0.717, 1.165) is 20.8 Å². The van der Waals surface area contributed by atoms with Crippen molar-refractivity contribution in [2.24, 2.45) is 0 Å². The summed E-state index contributed by atoms with van der Waals surface area (Å²) in [4.78, 5) is 15.0. The Bertz CT molecular complexity index is 471. The molecular weight excluding hydrogens is 314 g/mol. The minimum Gasteiger partial charge on any atom is -0.443 e. The van der Waals surface area contributed by atoms with E-state index in [-0.39, 0.29) is 6.09 Å². The zero-order chi connectivity index (χ0) is 13.3. The molecule has 0 aliphatic carbocycles. The molecule has 0 unspecified atom stereocenters. The Balaban J connectivity index is 2.28. The summed E-state index contributed by atoms with van der Waals surface area (Å²) in [5.41, 5.74) is 0.461. The van der Waals surface area contributed by atoms with Crippen LogP contribution in [0.1, 0.15) is 20.8 Å². The minimum atomic E-state index is -0.464. The number of rotatable bonds is 0. The summed E-state index contributed by atoms with van der Waals surface area (Å²) in [5.74, 6) is 0.884. The smallest absolute Gasteiger partial charge is 0.414 e. The van der Waals surface area contributed by atoms with E-state index in [1.54, 1.807) is 16.7 Å². The van der Waals surface area contributed by atoms with E-state index < -0.39 is 5.60 Å². The monoisotopic (exact) mass is 329 g/mol. The van der Waals surface area contributed by atoms with Crippen LogP contribution in [0.4, 0.5) is 10.5 Å². The zero-order valence-corrected chi connectivity index (χ0v) is 13.1. The highest BCUT2D eigenvalue weighted by molar-refractivity contribution is 9.10. The fraction of sp³-hybridized carbons (Fsp3) is 0.462. The van der Waals surface area contributed by atoms with E-state index in [2.05, 4.69) is 15.9 Å². The van der Waals surface area contributed by atoms with Crippen LogP contribution in [-0.4, -0.2) is 24.0 Å². The number of carbonyl (C=O) groups excluding carboxylic acids is 1. The minimum absolute atomic E-state index is 0.276. The number of thioether (sulfide) groups is 1. The van der Waals surface area contributed by atoms with Gasteiger partial charge in [0.15, 0.2) is 0 Å². The van der Waals surface area contributed by atoms with Crippen molar-refractivity contribution in [3.05, 3.63) is 22.7 Å². The molecule has 98 valence electrons. The van der Waals surface area contributed by atoms with Gasteiger partial charge in [-0.25, -0.2) is 4.79 Å². The Morgan fingerprint density at radius 1 is 1.44 bits per heavy atom. The second kappa shape index (κ2) is 5.13. The molecule has 1 aromatic rings. The molecule has 0 bridgehead atoms. The molecule has 5 heteroatoms. The maximum Gasteiger partial charge on any atom is 0.414 e. The Morgan fingerprint density at radius 3 is 2.83 bits per heavy atom. The lowest BCUT2D eigenvalue weighted by atomic mass is 10.2. The fourth-order valence-electron chi connectivity index (χ4n) is 1.72. The van der Waals surface area contributed by atoms with Gasteiger partial charge in [0.25, 0.3) is 0 Å². The highest BCUT2D eigenvalue weighted by Crippen LogP contribution is 2.40. The highest BCUT2D eigenvalue weighted by Gasteiger charge is 2.28. The van der Waals surface area contributed by atoms with Crippen molar-refractivity contribution in [1.82, 2.24) is 0 Å². The van der Waals surface area contributed by atoms with E-state index in [1.165, 1.54) is 0 Å². The predicted octanol–water partition coefficient (Wildman–Crippen LogP) is 4.30. The molecule has 0 fully saturated rings. The molecule has 0 saturated heterocycles. The number of amides is 1. The van der Waals surface area contributed by atoms with Gasteiger partial charge >= 0.3 is 6.09 Å². The third kappa shape index (κ3) is 3.01. The van der Waals surface area contributed by atoms with Gasteiger partial charge in [0.05, 0.1) is 5.69 Å². The number of hydrogen-bond acceptors (Lipinski definition) is 3. The van der Waals surface area contributed by atoms with E-state index in [4.69, 9.17) is 4.74 Å². The first kappa shape index (κ1) is 13.7. The molecule has 1 amide bonds. The van der Waals surface area contributed by atoms with Gasteiger partial charge in [-0.2, -0.15) is 0 Å². The summed E-state index contributed by atoms with van der Waals surface area (Å²) in [5, 5.41) is 0. The van der Waals surface area contributed by atoms with Gasteiger partial charge in [0, 0.05) is 21.7 Å². The quantitative estimate of drug-likeness (QED) is 0.710. The predicted molar refractivity (Wildman–Crippen MR) is 78.4 cm³/mol. The van der Waals surface area contributed by atoms with Crippen molar-refractivity contribution in [2.45, 2.75) is 31.3 Å². The standard InChI is InChI=1S/C13H16BrNO2S/c1-13(2,3)17-12(16)15-7-8-18-11-9(14)5-4-6-10(11)15/h4-6H,7-8H2,1-3H3. The lowest BCUT2D eigenvalue weighted by molar-refractivity contribution is 0.0581. The second-order valence-electron chi connectivity index (χ2n) is 5.07. The van der Waals surface area contributed by atoms with Gasteiger partial charge in [0.2, 0.25) is 0 Å². The van der Waals surface area contributed by atoms with Crippen molar-refractivity contribution in [1.29, 1.82) is 0 Å². The number of hydrogen-bond donors (Lipinski definition) is 0. The number of anilines is 1. The molecular formula is C13H16BrNO2S. The Morgan fingerprint density at radius 2 is 2.17 bits per heavy atom. The molecule has 2 rings (SSSR count). The molecule has 0 saturated carbocycles. The summed E-state index contributed by atoms with van der Waals surface area (Å²) in [6, 6.07) is 5.88. The average Bonchev–Trinajstić information content (AvgIpc) is 2.26. The number of carbonyl (C=O) groups is 1. The molecule has 1 aliphatic rings. The first-order valence-electron chi connectivity index (χ1n) is 5.80. The molecule has 0 spiro atoms. The molecule has 0 radical (unpaired) electrons. The second-order valence-corrected chi connectivity index (χ2v) is 7.03. The summed E-state index contributed by atoms with van der Waals surface area (Å²) >= 11 is 5.28. The summed E-state index contributed by atoms with van der Waals surface area (Å²) in [6.07, 6.45) is -0.276. The SMILES string of the molecule is CC(C)(C)OC(=O)N1CCSc2c(Br)cccc21. The molecule has 0 N–H and O–H groups in total. The number of halogens is 1. The van der Waals surface area contributed by atoms with Gasteiger partial charge in [0.1, 0.15) is 5.60 Å². The van der Waals surface area contributed by atoms with Crippen molar-refractivity contribution in [2.75, 3.05) is 17.2 Å². The molecule has 18 heavy (non-hydrogen) atoms. The van der Waals surface area contributed by atoms with Crippen molar-refractivity contribution < 1.29 is 9.53 Å². The van der Waals surface area contributed by atoms with Gasteiger partial charge in [-0.15, -0.1) is 11.8 Å². The van der Waals surface area contributed by atoms with Crippen molar-refractivity contribution >= 4 is 39.5 Å². The van der Waals surface area contributed by atoms with Crippen LogP contribution < -0.4 is 4.90 Å². The van der Waals surface area contributed by atoms with Crippen LogP contribution >= 0.6 is 27.7 Å². The van der Waals surface area contributed by atoms with Crippen LogP contribution in [0.2, 0.25) is 0 Å². The number of ether oxygens (including phenoxy) is 1. The van der Waals surface area contributed by atoms with Gasteiger partial charge in [-0.05, 0) is 48.8 Å². The van der Waals surface area contributed by atoms with Crippen LogP contribution in [0.25, 0.3) is 0 Å². The highest BCUT2D eigenvalue weighted by atomic mass is 79.9. The third-order valence-corrected chi connectivity index (χ3v) is 4.44. The van der Waals surface area contributed by atoms with Crippen molar-refractivity contribution in [3.8, 4) is 0 Å². The van der Waals surface area contributed by atoms with Crippen LogP contribution in [0.5, 0.6) is 0 Å². The third-order valence-electron chi connectivity index (χ3n) is 2.41. The Kier molecular flexibility index (Phi) is 3.92. The summed E-state index contributed by atoms with van der Waals surface area (Å²) < 4.78 is 6.46. The number of nitrogens with zero attached hydrogens (tertiary/aromatic N) is 1. The van der Waals surface area contributed by atoms with E-state index in [0.29, 0.717) is 6.54 Å². The van der Waals surface area contributed by atoms with Gasteiger partial charge < -0.3 is 4.74 Å². The Hall–Kier alpha value is -0.680.